The summed E-state index contributed by atoms with van der Waals surface area (Å²) in [5.74, 6) is -1.52. The number of carbonyl (C=O) groups is 3. The molecule has 2 rings (SSSR count). The molecule has 0 atom stereocenters. The summed E-state index contributed by atoms with van der Waals surface area (Å²) in [5, 5.41) is 1.97. The molecule has 0 aliphatic heterocycles. The van der Waals surface area contributed by atoms with E-state index in [1.165, 1.54) is 0 Å². The molecule has 0 aromatic heterocycles. The van der Waals surface area contributed by atoms with Crippen molar-refractivity contribution >= 4 is 28.5 Å². The van der Waals surface area contributed by atoms with Crippen LogP contribution < -0.4 is 0 Å². The second kappa shape index (κ2) is 8.59. The van der Waals surface area contributed by atoms with Gasteiger partial charge in [0.15, 0.2) is 5.78 Å². The van der Waals surface area contributed by atoms with Crippen LogP contribution >= 0.6 is 0 Å². The van der Waals surface area contributed by atoms with Crippen molar-refractivity contribution in [2.75, 3.05) is 13.2 Å². The number of carbonyl (C=O) groups excluding carboxylic acids is 3. The molecule has 0 unspecified atom stereocenters. The van der Waals surface area contributed by atoms with Gasteiger partial charge in [-0.1, -0.05) is 36.9 Å². The van der Waals surface area contributed by atoms with Crippen molar-refractivity contribution in [3.05, 3.63) is 72.3 Å². The number of hydrogen-bond acceptors (Lipinski definition) is 5. The minimum Gasteiger partial charge on any atom is -0.459 e. The van der Waals surface area contributed by atoms with Gasteiger partial charge in [0.25, 0.3) is 0 Å². The molecule has 5 heteroatoms. The summed E-state index contributed by atoms with van der Waals surface area (Å²) in [6.07, 6.45) is 2.11. The third kappa shape index (κ3) is 5.42. The summed E-state index contributed by atoms with van der Waals surface area (Å²) in [6, 6.07) is 13.0. The smallest absolute Gasteiger partial charge is 0.338 e. The second-order valence-corrected chi connectivity index (χ2v) is 5.34. The molecule has 2 aromatic rings. The van der Waals surface area contributed by atoms with Crippen molar-refractivity contribution in [1.29, 1.82) is 0 Å². The Morgan fingerprint density at radius 2 is 1.64 bits per heavy atom. The number of allylic oxidation sites excluding steroid dienone is 2. The van der Waals surface area contributed by atoms with Crippen LogP contribution in [0.1, 0.15) is 17.3 Å². The van der Waals surface area contributed by atoms with Gasteiger partial charge in [0.1, 0.15) is 13.2 Å². The largest absolute Gasteiger partial charge is 0.459 e. The summed E-state index contributed by atoms with van der Waals surface area (Å²) in [7, 11) is 0. The van der Waals surface area contributed by atoms with Crippen LogP contribution in [0.25, 0.3) is 10.8 Å². The van der Waals surface area contributed by atoms with Crippen LogP contribution in [0.3, 0.4) is 0 Å². The van der Waals surface area contributed by atoms with E-state index in [0.717, 1.165) is 22.9 Å². The van der Waals surface area contributed by atoms with Crippen LogP contribution in [-0.4, -0.2) is 30.9 Å². The van der Waals surface area contributed by atoms with E-state index in [2.05, 4.69) is 6.58 Å². The van der Waals surface area contributed by atoms with Gasteiger partial charge in [-0.15, -0.1) is 0 Å². The molecule has 0 radical (unpaired) electrons. The molecule has 0 aliphatic rings. The summed E-state index contributed by atoms with van der Waals surface area (Å²) in [5.41, 5.74) is 0.755. The standard InChI is InChI=1S/C20H18O5/c1-14(2)18(21)9-10-19(22)24-11-12-25-20(23)17-8-7-15-5-3-4-6-16(15)13-17/h3-10,13H,1,11-12H2,2H3. The fraction of sp³-hybridized carbons (Fsp3) is 0.150. The van der Waals surface area contributed by atoms with E-state index in [0.29, 0.717) is 11.1 Å². The quantitative estimate of drug-likeness (QED) is 0.440. The Kier molecular flexibility index (Phi) is 6.23. The third-order valence-electron chi connectivity index (χ3n) is 3.34. The molecule has 0 spiro atoms. The Morgan fingerprint density at radius 1 is 0.960 bits per heavy atom. The monoisotopic (exact) mass is 338 g/mol. The Balaban J connectivity index is 1.79. The average Bonchev–Trinajstić information content (AvgIpc) is 2.62. The van der Waals surface area contributed by atoms with Gasteiger partial charge < -0.3 is 9.47 Å². The predicted octanol–water partition coefficient (Wildman–Crippen LogP) is 3.24. The minimum atomic E-state index is -0.684. The lowest BCUT2D eigenvalue weighted by Crippen LogP contribution is -2.13. The van der Waals surface area contributed by atoms with Crippen LogP contribution in [0.5, 0.6) is 0 Å². The third-order valence-corrected chi connectivity index (χ3v) is 3.34. The van der Waals surface area contributed by atoms with Gasteiger partial charge in [-0.05, 0) is 41.5 Å². The van der Waals surface area contributed by atoms with Crippen LogP contribution in [0.2, 0.25) is 0 Å². The number of ether oxygens (including phenoxy) is 2. The fourth-order valence-electron chi connectivity index (χ4n) is 2.01. The molecule has 5 nitrogen and oxygen atoms in total. The fourth-order valence-corrected chi connectivity index (χ4v) is 2.01. The van der Waals surface area contributed by atoms with Gasteiger partial charge in [0.2, 0.25) is 0 Å². The second-order valence-electron chi connectivity index (χ2n) is 5.34. The van der Waals surface area contributed by atoms with Crippen molar-refractivity contribution < 1.29 is 23.9 Å². The van der Waals surface area contributed by atoms with Crippen molar-refractivity contribution in [1.82, 2.24) is 0 Å². The zero-order chi connectivity index (χ0) is 18.2. The molecule has 2 aromatic carbocycles. The van der Waals surface area contributed by atoms with Gasteiger partial charge in [-0.2, -0.15) is 0 Å². The summed E-state index contributed by atoms with van der Waals surface area (Å²) in [6.45, 7) is 4.85. The van der Waals surface area contributed by atoms with E-state index < -0.39 is 11.9 Å². The maximum atomic E-state index is 12.0. The molecule has 0 aliphatic carbocycles. The first kappa shape index (κ1) is 18.1. The molecule has 128 valence electrons. The lowest BCUT2D eigenvalue weighted by Gasteiger charge is -2.06. The zero-order valence-electron chi connectivity index (χ0n) is 13.9. The SMILES string of the molecule is C=C(C)C(=O)C=CC(=O)OCCOC(=O)c1ccc2ccccc2c1. The highest BCUT2D eigenvalue weighted by molar-refractivity contribution is 6.05. The van der Waals surface area contributed by atoms with Gasteiger partial charge in [-0.25, -0.2) is 9.59 Å². The first-order valence-corrected chi connectivity index (χ1v) is 7.68. The molecule has 0 saturated heterocycles. The molecular weight excluding hydrogens is 320 g/mol. The summed E-state index contributed by atoms with van der Waals surface area (Å²) >= 11 is 0. The number of hydrogen-bond donors (Lipinski definition) is 0. The van der Waals surface area contributed by atoms with Crippen LogP contribution in [0, 0.1) is 0 Å². The molecule has 0 bridgehead atoms. The van der Waals surface area contributed by atoms with Crippen molar-refractivity contribution in [2.45, 2.75) is 6.92 Å². The van der Waals surface area contributed by atoms with Crippen LogP contribution in [-0.2, 0) is 19.1 Å². The van der Waals surface area contributed by atoms with E-state index in [1.807, 2.05) is 30.3 Å². The highest BCUT2D eigenvalue weighted by Crippen LogP contribution is 2.16. The van der Waals surface area contributed by atoms with Gasteiger partial charge in [-0.3, -0.25) is 4.79 Å². The Bertz CT molecular complexity index is 848. The maximum Gasteiger partial charge on any atom is 0.338 e. The highest BCUT2D eigenvalue weighted by Gasteiger charge is 2.08. The minimum absolute atomic E-state index is 0.0698. The van der Waals surface area contributed by atoms with Crippen molar-refractivity contribution in [3.63, 3.8) is 0 Å². The first-order valence-electron chi connectivity index (χ1n) is 7.68. The molecule has 0 N–H and O–H groups in total. The number of benzene rings is 2. The predicted molar refractivity (Wildman–Crippen MR) is 94.2 cm³/mol. The number of fused-ring (bicyclic) bond motifs is 1. The number of ketones is 1. The normalized spacial score (nSPS) is 10.6. The summed E-state index contributed by atoms with van der Waals surface area (Å²) in [4.78, 5) is 34.6. The van der Waals surface area contributed by atoms with Gasteiger partial charge in [0.05, 0.1) is 5.56 Å². The molecule has 0 heterocycles. The maximum absolute atomic E-state index is 12.0. The molecular formula is C20H18O5. The Hall–Kier alpha value is -3.21. The van der Waals surface area contributed by atoms with Crippen molar-refractivity contribution in [2.24, 2.45) is 0 Å². The first-order chi connectivity index (χ1) is 12.0. The zero-order valence-corrected chi connectivity index (χ0v) is 13.9. The van der Waals surface area contributed by atoms with E-state index in [9.17, 15) is 14.4 Å². The number of rotatable bonds is 7. The van der Waals surface area contributed by atoms with Crippen molar-refractivity contribution in [3.8, 4) is 0 Å². The molecule has 25 heavy (non-hydrogen) atoms. The molecule has 0 fully saturated rings. The highest BCUT2D eigenvalue weighted by atomic mass is 16.6. The molecule has 0 saturated carbocycles. The Morgan fingerprint density at radius 3 is 2.36 bits per heavy atom. The van der Waals surface area contributed by atoms with E-state index in [1.54, 1.807) is 19.1 Å². The topological polar surface area (TPSA) is 69.7 Å². The average molecular weight is 338 g/mol. The number of esters is 2. The van der Waals surface area contributed by atoms with E-state index in [-0.39, 0.29) is 19.0 Å². The van der Waals surface area contributed by atoms with Gasteiger partial charge >= 0.3 is 11.9 Å². The summed E-state index contributed by atoms with van der Waals surface area (Å²) < 4.78 is 9.91. The van der Waals surface area contributed by atoms with Gasteiger partial charge in [0, 0.05) is 6.08 Å². The molecule has 0 amide bonds. The van der Waals surface area contributed by atoms with Crippen LogP contribution in [0.15, 0.2) is 66.8 Å². The Labute approximate surface area is 145 Å². The lowest BCUT2D eigenvalue weighted by atomic mass is 10.1. The van der Waals surface area contributed by atoms with E-state index >= 15 is 0 Å². The van der Waals surface area contributed by atoms with Crippen LogP contribution in [0.4, 0.5) is 0 Å². The van der Waals surface area contributed by atoms with E-state index in [4.69, 9.17) is 9.47 Å². The lowest BCUT2D eigenvalue weighted by molar-refractivity contribution is -0.139.